The van der Waals surface area contributed by atoms with Crippen LogP contribution in [0, 0.1) is 11.3 Å². The molecule has 0 saturated carbocycles. The Balaban J connectivity index is 2.51. The van der Waals surface area contributed by atoms with Gasteiger partial charge in [0.15, 0.2) is 0 Å². The SMILES string of the molecule is N#CC(=C(Cl)c1cccs1)c1cccs1. The Kier molecular flexibility index (Phi) is 3.22. The molecule has 2 aromatic heterocycles. The third-order valence-corrected chi connectivity index (χ3v) is 4.12. The van der Waals surface area contributed by atoms with Crippen molar-refractivity contribution < 1.29 is 0 Å². The highest BCUT2D eigenvalue weighted by atomic mass is 35.5. The lowest BCUT2D eigenvalue weighted by atomic mass is 10.2. The minimum absolute atomic E-state index is 0.537. The van der Waals surface area contributed by atoms with E-state index in [2.05, 4.69) is 6.07 Å². The summed E-state index contributed by atoms with van der Waals surface area (Å²) in [6.45, 7) is 0. The van der Waals surface area contributed by atoms with Gasteiger partial charge in [-0.05, 0) is 22.9 Å². The van der Waals surface area contributed by atoms with Crippen molar-refractivity contribution in [3.05, 3.63) is 44.8 Å². The number of thiophene rings is 2. The smallest absolute Gasteiger partial charge is 0.102 e. The van der Waals surface area contributed by atoms with Gasteiger partial charge >= 0.3 is 0 Å². The van der Waals surface area contributed by atoms with Gasteiger partial charge in [-0.15, -0.1) is 22.7 Å². The Morgan fingerprint density at radius 3 is 2.20 bits per heavy atom. The summed E-state index contributed by atoms with van der Waals surface area (Å²) in [5.74, 6) is 0. The van der Waals surface area contributed by atoms with Crippen LogP contribution >= 0.6 is 34.3 Å². The molecule has 0 unspecified atom stereocenters. The van der Waals surface area contributed by atoms with E-state index < -0.39 is 0 Å². The highest BCUT2D eigenvalue weighted by molar-refractivity contribution is 7.13. The first kappa shape index (κ1) is 10.4. The molecule has 0 N–H and O–H groups in total. The Hall–Kier alpha value is -1.08. The largest absolute Gasteiger partial charge is 0.192 e. The van der Waals surface area contributed by atoms with Gasteiger partial charge in [-0.1, -0.05) is 23.7 Å². The lowest BCUT2D eigenvalue weighted by Crippen LogP contribution is -1.78. The van der Waals surface area contributed by atoms with Crippen molar-refractivity contribution in [2.75, 3.05) is 0 Å². The summed E-state index contributed by atoms with van der Waals surface area (Å²) in [4.78, 5) is 1.84. The quantitative estimate of drug-likeness (QED) is 0.724. The van der Waals surface area contributed by atoms with Crippen LogP contribution < -0.4 is 0 Å². The third kappa shape index (κ3) is 2.13. The maximum Gasteiger partial charge on any atom is 0.102 e. The first-order valence-electron chi connectivity index (χ1n) is 4.20. The summed E-state index contributed by atoms with van der Waals surface area (Å²) >= 11 is 9.24. The molecule has 0 aromatic carbocycles. The summed E-state index contributed by atoms with van der Waals surface area (Å²) in [6.07, 6.45) is 0. The minimum atomic E-state index is 0.537. The molecule has 0 spiro atoms. The molecule has 0 aliphatic rings. The average molecular weight is 252 g/mol. The van der Waals surface area contributed by atoms with Gasteiger partial charge in [-0.3, -0.25) is 0 Å². The molecular weight excluding hydrogens is 246 g/mol. The van der Waals surface area contributed by atoms with E-state index in [-0.39, 0.29) is 0 Å². The van der Waals surface area contributed by atoms with Gasteiger partial charge in [-0.2, -0.15) is 5.26 Å². The van der Waals surface area contributed by atoms with Crippen LogP contribution in [0.2, 0.25) is 0 Å². The monoisotopic (exact) mass is 251 g/mol. The van der Waals surface area contributed by atoms with Gasteiger partial charge in [0.2, 0.25) is 0 Å². The van der Waals surface area contributed by atoms with Crippen molar-refractivity contribution in [1.82, 2.24) is 0 Å². The summed E-state index contributed by atoms with van der Waals surface area (Å²) in [7, 11) is 0. The van der Waals surface area contributed by atoms with Crippen molar-refractivity contribution in [3.8, 4) is 6.07 Å². The molecule has 0 aliphatic heterocycles. The summed E-state index contributed by atoms with van der Waals surface area (Å²) in [6, 6.07) is 9.81. The van der Waals surface area contributed by atoms with Crippen molar-refractivity contribution >= 4 is 44.9 Å². The Morgan fingerprint density at radius 1 is 1.13 bits per heavy atom. The van der Waals surface area contributed by atoms with E-state index in [0.29, 0.717) is 10.6 Å². The summed E-state index contributed by atoms with van der Waals surface area (Å²) in [5, 5.41) is 13.5. The molecule has 15 heavy (non-hydrogen) atoms. The zero-order valence-electron chi connectivity index (χ0n) is 7.61. The predicted molar refractivity (Wildman–Crippen MR) is 66.9 cm³/mol. The van der Waals surface area contributed by atoms with E-state index in [1.54, 1.807) is 0 Å². The standard InChI is InChI=1S/C11H6ClNS2/c12-11(10-4-2-6-15-10)8(7-13)9-3-1-5-14-9/h1-6H. The highest BCUT2D eigenvalue weighted by Crippen LogP contribution is 2.33. The van der Waals surface area contributed by atoms with Gasteiger partial charge in [0.1, 0.15) is 6.07 Å². The number of allylic oxidation sites excluding steroid dienone is 1. The zero-order valence-corrected chi connectivity index (χ0v) is 9.99. The van der Waals surface area contributed by atoms with Crippen molar-refractivity contribution in [1.29, 1.82) is 5.26 Å². The second-order valence-electron chi connectivity index (χ2n) is 2.76. The maximum absolute atomic E-state index is 9.09. The lowest BCUT2D eigenvalue weighted by molar-refractivity contribution is 1.54. The maximum atomic E-state index is 9.09. The molecule has 0 bridgehead atoms. The van der Waals surface area contributed by atoms with E-state index in [1.165, 1.54) is 22.7 Å². The third-order valence-electron chi connectivity index (χ3n) is 1.84. The molecule has 2 rings (SSSR count). The number of hydrogen-bond acceptors (Lipinski definition) is 3. The zero-order chi connectivity index (χ0) is 10.7. The Bertz CT molecular complexity index is 503. The van der Waals surface area contributed by atoms with Crippen LogP contribution in [0.15, 0.2) is 35.0 Å². The second-order valence-corrected chi connectivity index (χ2v) is 5.03. The number of rotatable bonds is 2. The minimum Gasteiger partial charge on any atom is -0.192 e. The molecule has 4 heteroatoms. The van der Waals surface area contributed by atoms with Gasteiger partial charge in [0.25, 0.3) is 0 Å². The van der Waals surface area contributed by atoms with Gasteiger partial charge in [0, 0.05) is 9.75 Å². The van der Waals surface area contributed by atoms with E-state index in [1.807, 2.05) is 35.0 Å². The molecular formula is C11H6ClNS2. The summed E-state index contributed by atoms with van der Waals surface area (Å²) < 4.78 is 0. The normalized spacial score (nSPS) is 12.0. The number of nitrogens with zero attached hydrogens (tertiary/aromatic N) is 1. The topological polar surface area (TPSA) is 23.8 Å². The molecule has 0 saturated heterocycles. The number of halogens is 1. The van der Waals surface area contributed by atoms with Crippen molar-refractivity contribution in [2.24, 2.45) is 0 Å². The average Bonchev–Trinajstić information content (AvgIpc) is 2.91. The van der Waals surface area contributed by atoms with Crippen LogP contribution in [0.4, 0.5) is 0 Å². The molecule has 0 atom stereocenters. The van der Waals surface area contributed by atoms with Gasteiger partial charge < -0.3 is 0 Å². The van der Waals surface area contributed by atoms with Crippen LogP contribution in [0.1, 0.15) is 9.75 Å². The van der Waals surface area contributed by atoms with E-state index >= 15 is 0 Å². The van der Waals surface area contributed by atoms with E-state index in [0.717, 1.165) is 9.75 Å². The van der Waals surface area contributed by atoms with Crippen LogP contribution in [0.3, 0.4) is 0 Å². The van der Waals surface area contributed by atoms with Crippen LogP contribution in [-0.2, 0) is 0 Å². The lowest BCUT2D eigenvalue weighted by Gasteiger charge is -1.98. The Labute approximate surface area is 101 Å². The second kappa shape index (κ2) is 4.63. The van der Waals surface area contributed by atoms with Gasteiger partial charge in [-0.25, -0.2) is 0 Å². The van der Waals surface area contributed by atoms with Gasteiger partial charge in [0.05, 0.1) is 10.6 Å². The van der Waals surface area contributed by atoms with Crippen LogP contribution in [-0.4, -0.2) is 0 Å². The molecule has 2 aromatic rings. The van der Waals surface area contributed by atoms with Crippen molar-refractivity contribution in [2.45, 2.75) is 0 Å². The molecule has 0 radical (unpaired) electrons. The van der Waals surface area contributed by atoms with E-state index in [4.69, 9.17) is 16.9 Å². The number of nitriles is 1. The highest BCUT2D eigenvalue weighted by Gasteiger charge is 2.10. The molecule has 74 valence electrons. The molecule has 1 nitrogen and oxygen atoms in total. The number of hydrogen-bond donors (Lipinski definition) is 0. The summed E-state index contributed by atoms with van der Waals surface area (Å²) in [5.41, 5.74) is 0.550. The first-order valence-corrected chi connectivity index (χ1v) is 6.34. The van der Waals surface area contributed by atoms with E-state index in [9.17, 15) is 0 Å². The molecule has 0 amide bonds. The molecule has 0 aliphatic carbocycles. The Morgan fingerprint density at radius 2 is 1.73 bits per heavy atom. The predicted octanol–water partition coefficient (Wildman–Crippen LogP) is 4.44. The molecule has 0 fully saturated rings. The fraction of sp³-hybridized carbons (Fsp3) is 0. The van der Waals surface area contributed by atoms with Crippen LogP contribution in [0.25, 0.3) is 10.6 Å². The fourth-order valence-corrected chi connectivity index (χ4v) is 2.95. The van der Waals surface area contributed by atoms with Crippen LogP contribution in [0.5, 0.6) is 0 Å². The van der Waals surface area contributed by atoms with Crippen molar-refractivity contribution in [3.63, 3.8) is 0 Å². The first-order chi connectivity index (χ1) is 7.33. The molecule has 2 heterocycles. The fourth-order valence-electron chi connectivity index (χ4n) is 1.16.